The smallest absolute Gasteiger partial charge is 0.134 e. The number of ether oxygens (including phenoxy) is 1. The number of hydrogen-bond acceptors (Lipinski definition) is 3. The van der Waals surface area contributed by atoms with Crippen LogP contribution in [0.3, 0.4) is 0 Å². The van der Waals surface area contributed by atoms with E-state index in [1.54, 1.807) is 6.20 Å². The Labute approximate surface area is 120 Å². The average Bonchev–Trinajstić information content (AvgIpc) is 2.93. The fourth-order valence-electron chi connectivity index (χ4n) is 3.18. The Kier molecular flexibility index (Phi) is 4.51. The van der Waals surface area contributed by atoms with Crippen LogP contribution in [-0.2, 0) is 11.3 Å². The van der Waals surface area contributed by atoms with E-state index in [9.17, 15) is 4.39 Å². The lowest BCUT2D eigenvalue weighted by Crippen LogP contribution is -2.23. The molecule has 0 bridgehead atoms. The van der Waals surface area contributed by atoms with Gasteiger partial charge in [0.15, 0.2) is 0 Å². The van der Waals surface area contributed by atoms with Crippen molar-refractivity contribution in [1.82, 2.24) is 4.98 Å². The highest BCUT2D eigenvalue weighted by Crippen LogP contribution is 2.26. The molecule has 1 aliphatic carbocycles. The first-order valence-electron chi connectivity index (χ1n) is 7.77. The van der Waals surface area contributed by atoms with Crippen molar-refractivity contribution in [2.24, 2.45) is 0 Å². The Bertz CT molecular complexity index is 434. The van der Waals surface area contributed by atoms with E-state index in [1.165, 1.54) is 32.1 Å². The first kappa shape index (κ1) is 13.8. The van der Waals surface area contributed by atoms with Crippen LogP contribution < -0.4 is 4.90 Å². The lowest BCUT2D eigenvalue weighted by atomic mass is 9.98. The summed E-state index contributed by atoms with van der Waals surface area (Å²) in [6, 6.07) is 3.99. The molecule has 110 valence electrons. The van der Waals surface area contributed by atoms with E-state index in [2.05, 4.69) is 11.1 Å². The molecule has 2 heterocycles. The summed E-state index contributed by atoms with van der Waals surface area (Å²) in [6.07, 6.45) is 8.31. The van der Waals surface area contributed by atoms with Gasteiger partial charge < -0.3 is 9.64 Å². The third-order valence-corrected chi connectivity index (χ3v) is 4.32. The van der Waals surface area contributed by atoms with Crippen LogP contribution in [0.1, 0.15) is 44.1 Å². The number of aromatic nitrogens is 1. The van der Waals surface area contributed by atoms with Gasteiger partial charge in [0, 0.05) is 18.3 Å². The SMILES string of the molecule is F[C@@H]1CCN(c2ncccc2COC2CCCCC2)C1. The van der Waals surface area contributed by atoms with Crippen LogP contribution >= 0.6 is 0 Å². The van der Waals surface area contributed by atoms with Gasteiger partial charge in [-0.25, -0.2) is 9.37 Å². The first-order chi connectivity index (χ1) is 9.83. The summed E-state index contributed by atoms with van der Waals surface area (Å²) in [5.41, 5.74) is 1.09. The normalized spacial score (nSPS) is 24.2. The molecule has 0 spiro atoms. The standard InChI is InChI=1S/C16H23FN2O/c17-14-8-10-19(11-14)16-13(5-4-9-18-16)12-20-15-6-2-1-3-7-15/h4-5,9,14-15H,1-3,6-8,10-12H2/t14-/m1/s1. The lowest BCUT2D eigenvalue weighted by molar-refractivity contribution is 0.0169. The fraction of sp³-hybridized carbons (Fsp3) is 0.688. The molecule has 3 rings (SSSR count). The molecule has 4 heteroatoms. The summed E-state index contributed by atoms with van der Waals surface area (Å²) in [5.74, 6) is 0.906. The molecule has 20 heavy (non-hydrogen) atoms. The zero-order chi connectivity index (χ0) is 13.8. The molecule has 0 aromatic carbocycles. The number of anilines is 1. The maximum Gasteiger partial charge on any atom is 0.134 e. The second kappa shape index (κ2) is 6.53. The van der Waals surface area contributed by atoms with E-state index in [0.29, 0.717) is 25.7 Å². The zero-order valence-electron chi connectivity index (χ0n) is 11.9. The largest absolute Gasteiger partial charge is 0.373 e. The number of alkyl halides is 1. The third-order valence-electron chi connectivity index (χ3n) is 4.32. The molecule has 1 aromatic rings. The molecule has 0 N–H and O–H groups in total. The van der Waals surface area contributed by atoms with Crippen molar-refractivity contribution in [2.75, 3.05) is 18.0 Å². The zero-order valence-corrected chi connectivity index (χ0v) is 11.9. The monoisotopic (exact) mass is 278 g/mol. The number of halogens is 1. The van der Waals surface area contributed by atoms with E-state index in [4.69, 9.17) is 4.74 Å². The average molecular weight is 278 g/mol. The predicted molar refractivity (Wildman–Crippen MR) is 77.6 cm³/mol. The van der Waals surface area contributed by atoms with Crippen molar-refractivity contribution in [2.45, 2.75) is 57.4 Å². The van der Waals surface area contributed by atoms with Crippen LogP contribution in [0, 0.1) is 0 Å². The molecule has 1 aliphatic heterocycles. The van der Waals surface area contributed by atoms with Crippen molar-refractivity contribution in [1.29, 1.82) is 0 Å². The minimum Gasteiger partial charge on any atom is -0.373 e. The van der Waals surface area contributed by atoms with Gasteiger partial charge in [0.05, 0.1) is 19.3 Å². The highest BCUT2D eigenvalue weighted by Gasteiger charge is 2.24. The summed E-state index contributed by atoms with van der Waals surface area (Å²) < 4.78 is 19.4. The lowest BCUT2D eigenvalue weighted by Gasteiger charge is -2.24. The first-order valence-corrected chi connectivity index (χ1v) is 7.77. The Morgan fingerprint density at radius 3 is 2.85 bits per heavy atom. The number of rotatable bonds is 4. The predicted octanol–water partition coefficient (Wildman–Crippen LogP) is 3.48. The molecule has 3 nitrogen and oxygen atoms in total. The highest BCUT2D eigenvalue weighted by molar-refractivity contribution is 5.47. The molecular weight excluding hydrogens is 255 g/mol. The van der Waals surface area contributed by atoms with Crippen LogP contribution in [0.25, 0.3) is 0 Å². The minimum atomic E-state index is -0.718. The molecular formula is C16H23FN2O. The van der Waals surface area contributed by atoms with Gasteiger partial charge in [-0.1, -0.05) is 25.3 Å². The molecule has 0 radical (unpaired) electrons. The molecule has 1 atom stereocenters. The van der Waals surface area contributed by atoms with Crippen molar-refractivity contribution in [3.8, 4) is 0 Å². The Hall–Kier alpha value is -1.16. The van der Waals surface area contributed by atoms with Crippen LogP contribution in [0.4, 0.5) is 10.2 Å². The Morgan fingerprint density at radius 2 is 2.10 bits per heavy atom. The molecule has 1 aromatic heterocycles. The van der Waals surface area contributed by atoms with Crippen LogP contribution in [-0.4, -0.2) is 30.3 Å². The molecule has 2 aliphatic rings. The fourth-order valence-corrected chi connectivity index (χ4v) is 3.18. The van der Waals surface area contributed by atoms with Gasteiger partial charge in [-0.05, 0) is 25.3 Å². The van der Waals surface area contributed by atoms with Crippen molar-refractivity contribution in [3.63, 3.8) is 0 Å². The molecule has 1 saturated heterocycles. The number of nitrogens with zero attached hydrogens (tertiary/aromatic N) is 2. The maximum absolute atomic E-state index is 13.4. The summed E-state index contributed by atoms with van der Waals surface area (Å²) >= 11 is 0. The van der Waals surface area contributed by atoms with E-state index in [0.717, 1.165) is 17.9 Å². The number of pyridine rings is 1. The summed E-state index contributed by atoms with van der Waals surface area (Å²) in [4.78, 5) is 6.48. The number of hydrogen-bond donors (Lipinski definition) is 0. The maximum atomic E-state index is 13.4. The van der Waals surface area contributed by atoms with Gasteiger partial charge in [0.25, 0.3) is 0 Å². The molecule has 0 amide bonds. The topological polar surface area (TPSA) is 25.4 Å². The second-order valence-electron chi connectivity index (χ2n) is 5.89. The van der Waals surface area contributed by atoms with E-state index < -0.39 is 6.17 Å². The van der Waals surface area contributed by atoms with Crippen molar-refractivity contribution < 1.29 is 9.13 Å². The Morgan fingerprint density at radius 1 is 1.25 bits per heavy atom. The van der Waals surface area contributed by atoms with E-state index in [1.807, 2.05) is 11.0 Å². The minimum absolute atomic E-state index is 0.393. The van der Waals surface area contributed by atoms with Crippen molar-refractivity contribution >= 4 is 5.82 Å². The van der Waals surface area contributed by atoms with Gasteiger partial charge in [-0.3, -0.25) is 0 Å². The molecule has 1 saturated carbocycles. The van der Waals surface area contributed by atoms with E-state index in [-0.39, 0.29) is 0 Å². The highest BCUT2D eigenvalue weighted by atomic mass is 19.1. The summed E-state index contributed by atoms with van der Waals surface area (Å²) in [7, 11) is 0. The van der Waals surface area contributed by atoms with Gasteiger partial charge in [-0.2, -0.15) is 0 Å². The van der Waals surface area contributed by atoms with Gasteiger partial charge in [-0.15, -0.1) is 0 Å². The quantitative estimate of drug-likeness (QED) is 0.843. The third kappa shape index (κ3) is 3.29. The molecule has 2 fully saturated rings. The van der Waals surface area contributed by atoms with E-state index >= 15 is 0 Å². The molecule has 0 unspecified atom stereocenters. The summed E-state index contributed by atoms with van der Waals surface area (Å²) in [5, 5.41) is 0. The van der Waals surface area contributed by atoms with Gasteiger partial charge in [0.2, 0.25) is 0 Å². The summed E-state index contributed by atoms with van der Waals surface area (Å²) in [6.45, 7) is 1.82. The van der Waals surface area contributed by atoms with Gasteiger partial charge >= 0.3 is 0 Å². The van der Waals surface area contributed by atoms with Crippen LogP contribution in [0.5, 0.6) is 0 Å². The van der Waals surface area contributed by atoms with Crippen molar-refractivity contribution in [3.05, 3.63) is 23.9 Å². The second-order valence-corrected chi connectivity index (χ2v) is 5.89. The Balaban J connectivity index is 1.63. The van der Waals surface area contributed by atoms with Crippen LogP contribution in [0.15, 0.2) is 18.3 Å². The van der Waals surface area contributed by atoms with Crippen LogP contribution in [0.2, 0.25) is 0 Å². The van der Waals surface area contributed by atoms with Gasteiger partial charge in [0.1, 0.15) is 12.0 Å².